The summed E-state index contributed by atoms with van der Waals surface area (Å²) in [4.78, 5) is 18.0. The number of hydrogen-bond acceptors (Lipinski definition) is 2. The van der Waals surface area contributed by atoms with Gasteiger partial charge >= 0.3 is 0 Å². The standard InChI is InChI=1S/C22H20N2OS/c1-15(20-12-7-13-26-20)24-21(16-8-3-2-4-9-16)22(25)18-14-23-19-11-6-5-10-17(18)19/h2-15,21,23-24H,1H3/p+1/t15-,21+/m1/s1. The molecule has 0 aliphatic carbocycles. The van der Waals surface area contributed by atoms with E-state index in [9.17, 15) is 4.79 Å². The highest BCUT2D eigenvalue weighted by Gasteiger charge is 2.29. The predicted octanol–water partition coefficient (Wildman–Crippen LogP) is 4.48. The van der Waals surface area contributed by atoms with Crippen molar-refractivity contribution < 1.29 is 10.1 Å². The number of Topliss-reactive ketones (excluding diaryl/α,β-unsaturated/α-hetero) is 1. The van der Waals surface area contributed by atoms with Gasteiger partial charge in [0.15, 0.2) is 6.04 Å². The molecule has 0 amide bonds. The Balaban J connectivity index is 1.71. The summed E-state index contributed by atoms with van der Waals surface area (Å²) in [5.74, 6) is 0.136. The number of para-hydroxylation sites is 1. The number of nitrogens with two attached hydrogens (primary N) is 1. The molecule has 26 heavy (non-hydrogen) atoms. The van der Waals surface area contributed by atoms with Gasteiger partial charge in [0.1, 0.15) is 6.04 Å². The van der Waals surface area contributed by atoms with E-state index in [1.807, 2.05) is 60.8 Å². The molecule has 0 aliphatic rings. The fourth-order valence-electron chi connectivity index (χ4n) is 3.39. The normalized spacial score (nSPS) is 13.6. The Morgan fingerprint density at radius 2 is 1.77 bits per heavy atom. The fraction of sp³-hybridized carbons (Fsp3) is 0.136. The lowest BCUT2D eigenvalue weighted by molar-refractivity contribution is -0.717. The van der Waals surface area contributed by atoms with Crippen molar-refractivity contribution in [2.45, 2.75) is 19.0 Å². The van der Waals surface area contributed by atoms with E-state index in [1.165, 1.54) is 4.88 Å². The number of aromatic amines is 1. The molecule has 0 fully saturated rings. The highest BCUT2D eigenvalue weighted by Crippen LogP contribution is 2.24. The molecule has 0 saturated carbocycles. The Bertz CT molecular complexity index is 1010. The van der Waals surface area contributed by atoms with Crippen molar-refractivity contribution in [3.8, 4) is 0 Å². The highest BCUT2D eigenvalue weighted by atomic mass is 32.1. The predicted molar refractivity (Wildman–Crippen MR) is 106 cm³/mol. The van der Waals surface area contributed by atoms with Gasteiger partial charge in [-0.25, -0.2) is 0 Å². The van der Waals surface area contributed by atoms with Gasteiger partial charge in [0.05, 0.1) is 4.88 Å². The third kappa shape index (κ3) is 3.21. The number of nitrogens with one attached hydrogen (secondary N) is 1. The van der Waals surface area contributed by atoms with Crippen LogP contribution < -0.4 is 5.32 Å². The molecular weight excluding hydrogens is 340 g/mol. The molecule has 0 spiro atoms. The summed E-state index contributed by atoms with van der Waals surface area (Å²) in [6.07, 6.45) is 1.84. The monoisotopic (exact) mass is 361 g/mol. The van der Waals surface area contributed by atoms with E-state index in [0.29, 0.717) is 0 Å². The summed E-state index contributed by atoms with van der Waals surface area (Å²) >= 11 is 1.73. The van der Waals surface area contributed by atoms with Crippen molar-refractivity contribution in [2.24, 2.45) is 0 Å². The van der Waals surface area contributed by atoms with Gasteiger partial charge in [-0.3, -0.25) is 4.79 Å². The third-order valence-electron chi connectivity index (χ3n) is 4.77. The molecule has 0 saturated heterocycles. The van der Waals surface area contributed by atoms with E-state index >= 15 is 0 Å². The number of thiophene rings is 1. The molecule has 4 aromatic rings. The largest absolute Gasteiger partial charge is 0.360 e. The SMILES string of the molecule is C[C@@H]([NH2+][C@H](C(=O)c1c[nH]c2ccccc12)c1ccccc1)c1cccs1. The summed E-state index contributed by atoms with van der Waals surface area (Å²) in [7, 11) is 0. The van der Waals surface area contributed by atoms with Crippen LogP contribution in [0.1, 0.15) is 39.8 Å². The van der Waals surface area contributed by atoms with Crippen molar-refractivity contribution in [1.82, 2.24) is 4.98 Å². The van der Waals surface area contributed by atoms with Gasteiger partial charge < -0.3 is 10.3 Å². The molecule has 2 aromatic heterocycles. The van der Waals surface area contributed by atoms with Crippen LogP contribution in [0.25, 0.3) is 10.9 Å². The summed E-state index contributed by atoms with van der Waals surface area (Å²) in [5.41, 5.74) is 2.78. The number of carbonyl (C=O) groups is 1. The average molecular weight is 361 g/mol. The highest BCUT2D eigenvalue weighted by molar-refractivity contribution is 7.10. The Labute approximate surface area is 156 Å². The molecule has 2 heterocycles. The van der Waals surface area contributed by atoms with Crippen molar-refractivity contribution >= 4 is 28.0 Å². The zero-order valence-electron chi connectivity index (χ0n) is 14.6. The molecule has 2 aromatic carbocycles. The molecule has 3 nitrogen and oxygen atoms in total. The molecule has 0 unspecified atom stereocenters. The van der Waals surface area contributed by atoms with Crippen LogP contribution in [-0.4, -0.2) is 10.8 Å². The number of benzene rings is 2. The molecule has 4 rings (SSSR count). The first-order valence-electron chi connectivity index (χ1n) is 8.77. The number of carbonyl (C=O) groups excluding carboxylic acids is 1. The second-order valence-corrected chi connectivity index (χ2v) is 7.48. The zero-order chi connectivity index (χ0) is 17.9. The maximum absolute atomic E-state index is 13.5. The Morgan fingerprint density at radius 1 is 1.00 bits per heavy atom. The minimum absolute atomic E-state index is 0.136. The van der Waals surface area contributed by atoms with Crippen LogP contribution in [0, 0.1) is 0 Å². The Kier molecular flexibility index (Phi) is 4.69. The number of fused-ring (bicyclic) bond motifs is 1. The van der Waals surface area contributed by atoms with Gasteiger partial charge in [0.25, 0.3) is 0 Å². The maximum atomic E-state index is 13.5. The minimum Gasteiger partial charge on any atom is -0.360 e. The smallest absolute Gasteiger partial charge is 0.226 e. The summed E-state index contributed by atoms with van der Waals surface area (Å²) < 4.78 is 0. The van der Waals surface area contributed by atoms with Gasteiger partial charge in [0, 0.05) is 28.2 Å². The Morgan fingerprint density at radius 3 is 2.54 bits per heavy atom. The Hall–Kier alpha value is -2.69. The summed E-state index contributed by atoms with van der Waals surface area (Å²) in [6.45, 7) is 2.16. The molecule has 3 N–H and O–H groups in total. The van der Waals surface area contributed by atoms with Gasteiger partial charge in [-0.1, -0.05) is 54.6 Å². The topological polar surface area (TPSA) is 49.5 Å². The fourth-order valence-corrected chi connectivity index (χ4v) is 4.15. The second-order valence-electron chi connectivity index (χ2n) is 6.50. The number of quaternary nitrogens is 1. The molecule has 2 atom stereocenters. The first-order valence-corrected chi connectivity index (χ1v) is 9.65. The summed E-state index contributed by atoms with van der Waals surface area (Å²) in [5, 5.41) is 5.24. The van der Waals surface area contributed by atoms with Crippen molar-refractivity contribution in [3.63, 3.8) is 0 Å². The van der Waals surface area contributed by atoms with Gasteiger partial charge in [0.2, 0.25) is 5.78 Å². The van der Waals surface area contributed by atoms with E-state index in [0.717, 1.165) is 22.0 Å². The molecule has 4 heteroatoms. The first kappa shape index (κ1) is 16.8. The number of aromatic nitrogens is 1. The first-order chi connectivity index (χ1) is 12.7. The average Bonchev–Trinajstić information content (AvgIpc) is 3.36. The molecule has 130 valence electrons. The number of hydrogen-bond donors (Lipinski definition) is 2. The van der Waals surface area contributed by atoms with E-state index in [-0.39, 0.29) is 17.9 Å². The molecule has 0 aliphatic heterocycles. The van der Waals surface area contributed by atoms with Crippen LogP contribution >= 0.6 is 11.3 Å². The van der Waals surface area contributed by atoms with E-state index in [4.69, 9.17) is 0 Å². The summed E-state index contributed by atoms with van der Waals surface area (Å²) in [6, 6.07) is 22.1. The van der Waals surface area contributed by atoms with Crippen LogP contribution in [0.15, 0.2) is 78.3 Å². The van der Waals surface area contributed by atoms with Crippen LogP contribution in [0.3, 0.4) is 0 Å². The van der Waals surface area contributed by atoms with Crippen molar-refractivity contribution in [1.29, 1.82) is 0 Å². The lowest BCUT2D eigenvalue weighted by atomic mass is 9.96. The van der Waals surface area contributed by atoms with E-state index in [2.05, 4.69) is 34.7 Å². The molecule has 0 bridgehead atoms. The van der Waals surface area contributed by atoms with E-state index in [1.54, 1.807) is 11.3 Å². The molecule has 0 radical (unpaired) electrons. The zero-order valence-corrected chi connectivity index (χ0v) is 15.4. The van der Waals surface area contributed by atoms with Gasteiger partial charge in [-0.2, -0.15) is 0 Å². The van der Waals surface area contributed by atoms with Crippen molar-refractivity contribution in [3.05, 3.63) is 94.3 Å². The lowest BCUT2D eigenvalue weighted by Crippen LogP contribution is -2.87. The van der Waals surface area contributed by atoms with Gasteiger partial charge in [-0.15, -0.1) is 11.3 Å². The molecular formula is C22H21N2OS+. The quantitative estimate of drug-likeness (QED) is 0.489. The van der Waals surface area contributed by atoms with E-state index < -0.39 is 0 Å². The minimum atomic E-state index is -0.271. The number of rotatable bonds is 6. The second kappa shape index (κ2) is 7.28. The number of H-pyrrole nitrogens is 1. The van der Waals surface area contributed by atoms with Crippen LogP contribution in [0.5, 0.6) is 0 Å². The lowest BCUT2D eigenvalue weighted by Gasteiger charge is -2.19. The van der Waals surface area contributed by atoms with Crippen molar-refractivity contribution in [2.75, 3.05) is 0 Å². The van der Waals surface area contributed by atoms with Crippen LogP contribution in [0.2, 0.25) is 0 Å². The maximum Gasteiger partial charge on any atom is 0.226 e. The third-order valence-corrected chi connectivity index (χ3v) is 5.84. The number of ketones is 1. The van der Waals surface area contributed by atoms with Crippen LogP contribution in [0.4, 0.5) is 0 Å². The van der Waals surface area contributed by atoms with Crippen LogP contribution in [-0.2, 0) is 0 Å². The van der Waals surface area contributed by atoms with Gasteiger partial charge in [-0.05, 0) is 24.4 Å².